The molecule has 1 aromatic carbocycles. The SMILES string of the molecule is COCCCCC(=N[S+]([O-])C(C)(C)C)c1cc(Cl)ccc1C1=NC(C)(C)CO1. The normalized spacial score (nSPS) is 18.0. The van der Waals surface area contributed by atoms with Crippen LogP contribution in [0.15, 0.2) is 27.6 Å². The van der Waals surface area contributed by atoms with Gasteiger partial charge in [-0.1, -0.05) is 16.0 Å². The van der Waals surface area contributed by atoms with Crippen molar-refractivity contribution in [1.29, 1.82) is 0 Å². The van der Waals surface area contributed by atoms with Crippen LogP contribution in [0.4, 0.5) is 0 Å². The zero-order valence-electron chi connectivity index (χ0n) is 17.7. The number of ether oxygens (including phenoxy) is 2. The number of hydrogen-bond donors (Lipinski definition) is 0. The topological polar surface area (TPSA) is 66.2 Å². The molecule has 2 rings (SSSR count). The van der Waals surface area contributed by atoms with Gasteiger partial charge in [0, 0.05) is 29.9 Å². The Morgan fingerprint density at radius 2 is 2.07 bits per heavy atom. The van der Waals surface area contributed by atoms with Crippen LogP contribution in [0.3, 0.4) is 0 Å². The van der Waals surface area contributed by atoms with Gasteiger partial charge in [-0.3, -0.25) is 0 Å². The number of nitrogens with zero attached hydrogens (tertiary/aromatic N) is 2. The van der Waals surface area contributed by atoms with Crippen LogP contribution in [0.1, 0.15) is 65.0 Å². The first-order chi connectivity index (χ1) is 13.0. The van der Waals surface area contributed by atoms with Gasteiger partial charge >= 0.3 is 0 Å². The van der Waals surface area contributed by atoms with Gasteiger partial charge in [0.05, 0.1) is 11.3 Å². The fourth-order valence-electron chi connectivity index (χ4n) is 2.67. The third kappa shape index (κ3) is 6.48. The molecule has 1 aromatic rings. The van der Waals surface area contributed by atoms with Crippen LogP contribution in [-0.2, 0) is 20.8 Å². The predicted octanol–water partition coefficient (Wildman–Crippen LogP) is 4.96. The van der Waals surface area contributed by atoms with Gasteiger partial charge in [0.1, 0.15) is 22.7 Å². The Morgan fingerprint density at radius 3 is 2.64 bits per heavy atom. The van der Waals surface area contributed by atoms with E-state index in [4.69, 9.17) is 26.1 Å². The maximum absolute atomic E-state index is 12.8. The quantitative estimate of drug-likeness (QED) is 0.335. The van der Waals surface area contributed by atoms with Gasteiger partial charge in [-0.25, -0.2) is 4.99 Å². The van der Waals surface area contributed by atoms with Crippen LogP contribution >= 0.6 is 11.6 Å². The van der Waals surface area contributed by atoms with E-state index in [9.17, 15) is 4.55 Å². The molecule has 1 aliphatic rings. The Kier molecular flexibility index (Phi) is 7.97. The van der Waals surface area contributed by atoms with E-state index in [2.05, 4.69) is 4.40 Å². The second-order valence-corrected chi connectivity index (χ2v) is 10.9. The van der Waals surface area contributed by atoms with Crippen molar-refractivity contribution >= 4 is 34.6 Å². The molecule has 1 unspecified atom stereocenters. The van der Waals surface area contributed by atoms with E-state index < -0.39 is 16.1 Å². The molecule has 5 nitrogen and oxygen atoms in total. The van der Waals surface area contributed by atoms with E-state index in [1.54, 1.807) is 7.11 Å². The van der Waals surface area contributed by atoms with Gasteiger partial charge in [-0.15, -0.1) is 0 Å². The standard InChI is InChI=1S/C21H31ClN2O3S/c1-20(2,3)28(25)24-18(9-7-8-12-26-6)17-13-15(22)10-11-16(17)19-23-21(4,5)14-27-19/h10-11,13H,7-9,12,14H2,1-6H3. The van der Waals surface area contributed by atoms with Gasteiger partial charge in [0.25, 0.3) is 0 Å². The van der Waals surface area contributed by atoms with Crippen molar-refractivity contribution in [2.45, 2.75) is 64.2 Å². The van der Waals surface area contributed by atoms with Crippen LogP contribution < -0.4 is 0 Å². The van der Waals surface area contributed by atoms with Crippen molar-refractivity contribution in [1.82, 2.24) is 0 Å². The molecule has 0 aromatic heterocycles. The summed E-state index contributed by atoms with van der Waals surface area (Å²) in [6, 6.07) is 5.59. The molecule has 0 radical (unpaired) electrons. The van der Waals surface area contributed by atoms with Crippen LogP contribution in [-0.4, -0.2) is 46.8 Å². The van der Waals surface area contributed by atoms with Crippen molar-refractivity contribution in [3.63, 3.8) is 0 Å². The van der Waals surface area contributed by atoms with Gasteiger partial charge in [0.15, 0.2) is 0 Å². The lowest BCUT2D eigenvalue weighted by Crippen LogP contribution is -2.27. The second kappa shape index (κ2) is 9.61. The summed E-state index contributed by atoms with van der Waals surface area (Å²) in [7, 11) is 1.69. The molecule has 1 heterocycles. The minimum atomic E-state index is -1.37. The second-order valence-electron chi connectivity index (χ2n) is 8.56. The van der Waals surface area contributed by atoms with Gasteiger partial charge in [-0.2, -0.15) is 0 Å². The molecule has 0 fully saturated rings. The summed E-state index contributed by atoms with van der Waals surface area (Å²) in [4.78, 5) is 4.70. The Bertz CT molecular complexity index is 742. The first kappa shape index (κ1) is 23.2. The molecule has 0 bridgehead atoms. The lowest BCUT2D eigenvalue weighted by Gasteiger charge is -2.20. The van der Waals surface area contributed by atoms with Gasteiger partial charge < -0.3 is 14.0 Å². The Hall–Kier alpha value is -1.08. The van der Waals surface area contributed by atoms with Crippen molar-refractivity contribution in [2.24, 2.45) is 9.39 Å². The molecule has 1 atom stereocenters. The lowest BCUT2D eigenvalue weighted by molar-refractivity contribution is 0.193. The molecule has 0 spiro atoms. The summed E-state index contributed by atoms with van der Waals surface area (Å²) in [5.74, 6) is 0.586. The number of rotatable bonds is 8. The summed E-state index contributed by atoms with van der Waals surface area (Å²) in [5.41, 5.74) is 2.17. The zero-order valence-corrected chi connectivity index (χ0v) is 19.2. The number of benzene rings is 1. The predicted molar refractivity (Wildman–Crippen MR) is 118 cm³/mol. The highest BCUT2D eigenvalue weighted by atomic mass is 35.5. The summed E-state index contributed by atoms with van der Waals surface area (Å²) in [5, 5.41) is 0.600. The summed E-state index contributed by atoms with van der Waals surface area (Å²) in [6.45, 7) is 11.0. The third-order valence-electron chi connectivity index (χ3n) is 4.22. The van der Waals surface area contributed by atoms with E-state index in [0.29, 0.717) is 30.6 Å². The minimum absolute atomic E-state index is 0.268. The fraction of sp³-hybridized carbons (Fsp3) is 0.619. The van der Waals surface area contributed by atoms with Crippen LogP contribution in [0.2, 0.25) is 5.02 Å². The average molecular weight is 427 g/mol. The van der Waals surface area contributed by atoms with Crippen molar-refractivity contribution < 1.29 is 14.0 Å². The monoisotopic (exact) mass is 426 g/mol. The molecule has 0 saturated carbocycles. The maximum Gasteiger partial charge on any atom is 0.217 e. The van der Waals surface area contributed by atoms with Crippen LogP contribution in [0, 0.1) is 0 Å². The molecule has 0 aliphatic carbocycles. The first-order valence-corrected chi connectivity index (χ1v) is 11.0. The van der Waals surface area contributed by atoms with E-state index in [1.165, 1.54) is 0 Å². The third-order valence-corrected chi connectivity index (χ3v) is 5.89. The lowest BCUT2D eigenvalue weighted by atomic mass is 9.99. The largest absolute Gasteiger partial charge is 0.591 e. The Morgan fingerprint density at radius 1 is 1.36 bits per heavy atom. The van der Waals surface area contributed by atoms with Crippen molar-refractivity contribution in [3.8, 4) is 0 Å². The molecule has 7 heteroatoms. The molecule has 0 saturated heterocycles. The smallest absolute Gasteiger partial charge is 0.217 e. The molecular weight excluding hydrogens is 396 g/mol. The molecule has 0 N–H and O–H groups in total. The molecule has 1 aliphatic heterocycles. The highest BCUT2D eigenvalue weighted by Gasteiger charge is 2.31. The van der Waals surface area contributed by atoms with Crippen LogP contribution in [0.25, 0.3) is 0 Å². The maximum atomic E-state index is 12.8. The zero-order chi connectivity index (χ0) is 20.9. The number of halogens is 1. The van der Waals surface area contributed by atoms with Crippen molar-refractivity contribution in [2.75, 3.05) is 20.3 Å². The summed E-state index contributed by atoms with van der Waals surface area (Å²) >= 11 is 4.93. The summed E-state index contributed by atoms with van der Waals surface area (Å²) < 4.78 is 27.9. The van der Waals surface area contributed by atoms with Gasteiger partial charge in [0.2, 0.25) is 5.90 Å². The van der Waals surface area contributed by atoms with E-state index in [0.717, 1.165) is 29.7 Å². The highest BCUT2D eigenvalue weighted by Crippen LogP contribution is 2.27. The molecule has 156 valence electrons. The molecule has 0 amide bonds. The van der Waals surface area contributed by atoms with E-state index >= 15 is 0 Å². The minimum Gasteiger partial charge on any atom is -0.591 e. The average Bonchev–Trinajstić information content (AvgIpc) is 2.96. The number of unbranched alkanes of at least 4 members (excludes halogenated alkanes) is 1. The molecule has 28 heavy (non-hydrogen) atoms. The number of methoxy groups -OCH3 is 1. The van der Waals surface area contributed by atoms with Crippen molar-refractivity contribution in [3.05, 3.63) is 34.3 Å². The number of aliphatic imine (C=N–C) groups is 1. The fourth-order valence-corrected chi connectivity index (χ4v) is 3.51. The molecular formula is C21H31ClN2O3S. The Balaban J connectivity index is 2.46. The summed E-state index contributed by atoms with van der Waals surface area (Å²) in [6.07, 6.45) is 2.45. The first-order valence-electron chi connectivity index (χ1n) is 9.55. The van der Waals surface area contributed by atoms with Crippen LogP contribution in [0.5, 0.6) is 0 Å². The number of hydrogen-bond acceptors (Lipinski definition) is 5. The van der Waals surface area contributed by atoms with Gasteiger partial charge in [-0.05, 0) is 72.1 Å². The van der Waals surface area contributed by atoms with E-state index in [-0.39, 0.29) is 5.54 Å². The van der Waals surface area contributed by atoms with E-state index in [1.807, 2.05) is 52.8 Å². The highest BCUT2D eigenvalue weighted by molar-refractivity contribution is 7.91. The Labute approximate surface area is 176 Å².